The van der Waals surface area contributed by atoms with E-state index in [0.29, 0.717) is 13.0 Å². The third-order valence-corrected chi connectivity index (χ3v) is 1.55. The van der Waals surface area contributed by atoms with Crippen LogP contribution in [0.1, 0.15) is 13.3 Å². The molecule has 0 radical (unpaired) electrons. The summed E-state index contributed by atoms with van der Waals surface area (Å²) >= 11 is 0. The lowest BCUT2D eigenvalue weighted by atomic mass is 10.2. The highest BCUT2D eigenvalue weighted by Gasteiger charge is 2.13. The number of Topliss-reactive ketones (excluding diaryl/α,β-unsaturated/α-hetero) is 1. The predicted octanol–water partition coefficient (Wildman–Crippen LogP) is 0.321. The number of carbonyl (C=O) groups is 2. The minimum absolute atomic E-state index is 0.0596. The van der Waals surface area contributed by atoms with Crippen molar-refractivity contribution >= 4 is 12.2 Å². The number of hydrogen-bond donors (Lipinski definition) is 0. The summed E-state index contributed by atoms with van der Waals surface area (Å²) < 4.78 is 0. The lowest BCUT2D eigenvalue weighted by Gasteiger charge is -2.00. The molecule has 1 heterocycles. The highest BCUT2D eigenvalue weighted by atomic mass is 16.1. The molecule has 0 fully saturated rings. The van der Waals surface area contributed by atoms with E-state index in [1.165, 1.54) is 11.8 Å². The third-order valence-electron chi connectivity index (χ3n) is 1.55. The van der Waals surface area contributed by atoms with E-state index in [-0.39, 0.29) is 5.78 Å². The molecule has 10 heavy (non-hydrogen) atoms. The van der Waals surface area contributed by atoms with E-state index >= 15 is 0 Å². The molecule has 0 bridgehead atoms. The number of ketones is 1. The van der Waals surface area contributed by atoms with E-state index < -0.39 is 0 Å². The molecule has 0 unspecified atom stereocenters. The van der Waals surface area contributed by atoms with Gasteiger partial charge in [-0.05, 0) is 13.3 Å². The SMILES string of the molecule is CC(=O)C1=CN(C=O)CC1. The van der Waals surface area contributed by atoms with Gasteiger partial charge in [-0.3, -0.25) is 9.59 Å². The van der Waals surface area contributed by atoms with Gasteiger partial charge in [-0.15, -0.1) is 0 Å². The van der Waals surface area contributed by atoms with Gasteiger partial charge in [-0.25, -0.2) is 0 Å². The van der Waals surface area contributed by atoms with Gasteiger partial charge in [0.15, 0.2) is 5.78 Å². The summed E-state index contributed by atoms with van der Waals surface area (Å²) in [4.78, 5) is 22.3. The Bertz CT molecular complexity index is 196. The molecule has 0 spiro atoms. The average Bonchev–Trinajstić information content (AvgIpc) is 2.34. The van der Waals surface area contributed by atoms with E-state index in [2.05, 4.69) is 0 Å². The molecule has 1 rings (SSSR count). The third kappa shape index (κ3) is 1.23. The number of amides is 1. The fourth-order valence-corrected chi connectivity index (χ4v) is 0.929. The summed E-state index contributed by atoms with van der Waals surface area (Å²) in [5, 5.41) is 0. The molecule has 0 N–H and O–H groups in total. The van der Waals surface area contributed by atoms with Crippen molar-refractivity contribution < 1.29 is 9.59 Å². The Morgan fingerprint density at radius 1 is 1.80 bits per heavy atom. The maximum atomic E-state index is 10.7. The molecule has 0 saturated heterocycles. The van der Waals surface area contributed by atoms with Gasteiger partial charge in [0.25, 0.3) is 0 Å². The van der Waals surface area contributed by atoms with Crippen LogP contribution in [0.4, 0.5) is 0 Å². The van der Waals surface area contributed by atoms with E-state index in [9.17, 15) is 9.59 Å². The van der Waals surface area contributed by atoms with Gasteiger partial charge in [-0.1, -0.05) is 0 Å². The summed E-state index contributed by atoms with van der Waals surface area (Å²) in [6, 6.07) is 0. The van der Waals surface area contributed by atoms with Gasteiger partial charge >= 0.3 is 0 Å². The topological polar surface area (TPSA) is 37.4 Å². The largest absolute Gasteiger partial charge is 0.321 e. The van der Waals surface area contributed by atoms with Crippen LogP contribution in [-0.2, 0) is 9.59 Å². The van der Waals surface area contributed by atoms with Gasteiger partial charge in [0, 0.05) is 18.3 Å². The molecular weight excluding hydrogens is 130 g/mol. The Balaban J connectivity index is 2.65. The van der Waals surface area contributed by atoms with Crippen LogP contribution in [0.5, 0.6) is 0 Å². The number of nitrogens with zero attached hydrogens (tertiary/aromatic N) is 1. The van der Waals surface area contributed by atoms with E-state index in [1.807, 2.05) is 0 Å². The number of carbonyl (C=O) groups excluding carboxylic acids is 2. The van der Waals surface area contributed by atoms with Crippen molar-refractivity contribution in [3.8, 4) is 0 Å². The fraction of sp³-hybridized carbons (Fsp3) is 0.429. The molecule has 0 atom stereocenters. The second kappa shape index (κ2) is 2.64. The molecule has 1 aliphatic rings. The first-order valence-electron chi connectivity index (χ1n) is 3.16. The monoisotopic (exact) mass is 139 g/mol. The second-order valence-electron chi connectivity index (χ2n) is 2.30. The molecule has 1 amide bonds. The fourth-order valence-electron chi connectivity index (χ4n) is 0.929. The Kier molecular flexibility index (Phi) is 1.85. The molecule has 3 nitrogen and oxygen atoms in total. The van der Waals surface area contributed by atoms with Crippen molar-refractivity contribution in [1.29, 1.82) is 0 Å². The second-order valence-corrected chi connectivity index (χ2v) is 2.30. The zero-order chi connectivity index (χ0) is 7.56. The molecule has 0 saturated carbocycles. The zero-order valence-corrected chi connectivity index (χ0v) is 5.83. The van der Waals surface area contributed by atoms with Crippen molar-refractivity contribution in [2.24, 2.45) is 0 Å². The van der Waals surface area contributed by atoms with Crippen LogP contribution in [0.15, 0.2) is 11.8 Å². The Morgan fingerprint density at radius 2 is 2.50 bits per heavy atom. The molecule has 1 aliphatic heterocycles. The Hall–Kier alpha value is -1.12. The van der Waals surface area contributed by atoms with Gasteiger partial charge in [0.2, 0.25) is 6.41 Å². The van der Waals surface area contributed by atoms with E-state index in [4.69, 9.17) is 0 Å². The van der Waals surface area contributed by atoms with Crippen LogP contribution in [0.25, 0.3) is 0 Å². The average molecular weight is 139 g/mol. The van der Waals surface area contributed by atoms with Crippen LogP contribution in [0, 0.1) is 0 Å². The molecule has 3 heteroatoms. The highest BCUT2D eigenvalue weighted by Crippen LogP contribution is 2.12. The van der Waals surface area contributed by atoms with Crippen molar-refractivity contribution in [2.45, 2.75) is 13.3 Å². The standard InChI is InChI=1S/C7H9NO2/c1-6(10)7-2-3-8(4-7)5-9/h4-5H,2-3H2,1H3. The summed E-state index contributed by atoms with van der Waals surface area (Å²) in [5.74, 6) is 0.0596. The molecular formula is C7H9NO2. The highest BCUT2D eigenvalue weighted by molar-refractivity contribution is 5.93. The van der Waals surface area contributed by atoms with Crippen molar-refractivity contribution in [3.63, 3.8) is 0 Å². The molecule has 0 aromatic rings. The minimum atomic E-state index is 0.0596. The quantitative estimate of drug-likeness (QED) is 0.517. The van der Waals surface area contributed by atoms with Crippen LogP contribution in [-0.4, -0.2) is 23.6 Å². The lowest BCUT2D eigenvalue weighted by molar-refractivity contribution is -0.115. The van der Waals surface area contributed by atoms with Crippen LogP contribution in [0.3, 0.4) is 0 Å². The first kappa shape index (κ1) is 6.99. The smallest absolute Gasteiger partial charge is 0.213 e. The summed E-state index contributed by atoms with van der Waals surface area (Å²) in [5.41, 5.74) is 0.743. The maximum Gasteiger partial charge on any atom is 0.213 e. The molecule has 0 aromatic carbocycles. The number of rotatable bonds is 2. The lowest BCUT2D eigenvalue weighted by Crippen LogP contribution is -2.09. The van der Waals surface area contributed by atoms with E-state index in [1.54, 1.807) is 6.20 Å². The molecule has 0 aliphatic carbocycles. The first-order valence-corrected chi connectivity index (χ1v) is 3.16. The number of hydrogen-bond acceptors (Lipinski definition) is 2. The van der Waals surface area contributed by atoms with Crippen LogP contribution in [0.2, 0.25) is 0 Å². The maximum absolute atomic E-state index is 10.7. The zero-order valence-electron chi connectivity index (χ0n) is 5.83. The van der Waals surface area contributed by atoms with Gasteiger partial charge in [0.05, 0.1) is 0 Å². The predicted molar refractivity (Wildman–Crippen MR) is 36.2 cm³/mol. The van der Waals surface area contributed by atoms with Crippen LogP contribution >= 0.6 is 0 Å². The van der Waals surface area contributed by atoms with Crippen LogP contribution < -0.4 is 0 Å². The minimum Gasteiger partial charge on any atom is -0.321 e. The summed E-state index contributed by atoms with van der Waals surface area (Å²) in [6.07, 6.45) is 3.04. The normalized spacial score (nSPS) is 16.9. The van der Waals surface area contributed by atoms with Gasteiger partial charge in [0.1, 0.15) is 0 Å². The Labute approximate surface area is 59.3 Å². The summed E-state index contributed by atoms with van der Waals surface area (Å²) in [6.45, 7) is 2.17. The molecule has 54 valence electrons. The van der Waals surface area contributed by atoms with Crippen molar-refractivity contribution in [2.75, 3.05) is 6.54 Å². The van der Waals surface area contributed by atoms with Crippen molar-refractivity contribution in [1.82, 2.24) is 4.90 Å². The Morgan fingerprint density at radius 3 is 2.80 bits per heavy atom. The molecule has 0 aromatic heterocycles. The van der Waals surface area contributed by atoms with Crippen molar-refractivity contribution in [3.05, 3.63) is 11.8 Å². The van der Waals surface area contributed by atoms with E-state index in [0.717, 1.165) is 12.0 Å². The van der Waals surface area contributed by atoms with Gasteiger partial charge in [-0.2, -0.15) is 0 Å². The van der Waals surface area contributed by atoms with Gasteiger partial charge < -0.3 is 4.90 Å². The summed E-state index contributed by atoms with van der Waals surface area (Å²) in [7, 11) is 0. The first-order chi connectivity index (χ1) is 4.74.